The number of para-hydroxylation sites is 1. The summed E-state index contributed by atoms with van der Waals surface area (Å²) in [5, 5.41) is 9.66. The molecule has 1 nitrogen and oxygen atoms in total. The summed E-state index contributed by atoms with van der Waals surface area (Å²) in [4.78, 5) is 0. The Kier molecular flexibility index (Phi) is 2.89. The molecule has 0 unspecified atom stereocenters. The van der Waals surface area contributed by atoms with Crippen molar-refractivity contribution in [3.05, 3.63) is 70.8 Å². The largest absolute Gasteiger partial charge is 0.508 e. The zero-order chi connectivity index (χ0) is 12.4. The van der Waals surface area contributed by atoms with Gasteiger partial charge in [0.2, 0.25) is 0 Å². The number of fused-ring (bicyclic) bond motifs is 1. The maximum absolute atomic E-state index is 9.66. The first-order valence-electron chi connectivity index (χ1n) is 6.38. The zero-order valence-corrected chi connectivity index (χ0v) is 10.3. The Morgan fingerprint density at radius 2 is 1.83 bits per heavy atom. The van der Waals surface area contributed by atoms with Gasteiger partial charge in [-0.15, -0.1) is 0 Å². The lowest BCUT2D eigenvalue weighted by molar-refractivity contribution is 0.470. The Labute approximate surface area is 107 Å². The lowest BCUT2D eigenvalue weighted by atomic mass is 9.87. The molecule has 1 N–H and O–H groups in total. The number of benzene rings is 2. The standard InChI is InChI=1S/C17H16O/c18-17-7-2-1-5-15(17)6-3-4-13-8-9-14-10-11-16(14)12-13/h1-5,7-9,12,18H,6,10-11H2/b4-3+. The smallest absolute Gasteiger partial charge is 0.119 e. The first-order valence-corrected chi connectivity index (χ1v) is 6.38. The van der Waals surface area contributed by atoms with Crippen molar-refractivity contribution in [1.29, 1.82) is 0 Å². The van der Waals surface area contributed by atoms with Gasteiger partial charge in [-0.3, -0.25) is 0 Å². The number of hydrogen-bond donors (Lipinski definition) is 1. The number of phenolic OH excluding ortho intramolecular Hbond substituents is 1. The molecule has 3 rings (SSSR count). The van der Waals surface area contributed by atoms with E-state index in [0.717, 1.165) is 12.0 Å². The van der Waals surface area contributed by atoms with Gasteiger partial charge in [0.15, 0.2) is 0 Å². The monoisotopic (exact) mass is 236 g/mol. The third-order valence-electron chi connectivity index (χ3n) is 3.53. The Hall–Kier alpha value is -2.02. The molecule has 0 amide bonds. The van der Waals surface area contributed by atoms with E-state index in [2.05, 4.69) is 30.4 Å². The number of hydrogen-bond acceptors (Lipinski definition) is 1. The molecule has 18 heavy (non-hydrogen) atoms. The average molecular weight is 236 g/mol. The van der Waals surface area contributed by atoms with Gasteiger partial charge in [-0.2, -0.15) is 0 Å². The van der Waals surface area contributed by atoms with Crippen molar-refractivity contribution >= 4 is 6.08 Å². The molecule has 0 saturated carbocycles. The molecule has 0 fully saturated rings. The molecule has 1 aliphatic carbocycles. The summed E-state index contributed by atoms with van der Waals surface area (Å²) >= 11 is 0. The minimum absolute atomic E-state index is 0.374. The highest BCUT2D eigenvalue weighted by Gasteiger charge is 2.11. The summed E-state index contributed by atoms with van der Waals surface area (Å²) in [6.45, 7) is 0. The van der Waals surface area contributed by atoms with Crippen LogP contribution in [0.25, 0.3) is 6.08 Å². The highest BCUT2D eigenvalue weighted by Crippen LogP contribution is 2.24. The zero-order valence-electron chi connectivity index (χ0n) is 10.3. The van der Waals surface area contributed by atoms with Crippen LogP contribution >= 0.6 is 0 Å². The summed E-state index contributed by atoms with van der Waals surface area (Å²) in [7, 11) is 0. The fourth-order valence-electron chi connectivity index (χ4n) is 2.32. The molecule has 0 atom stereocenters. The third-order valence-corrected chi connectivity index (χ3v) is 3.53. The molecule has 1 heteroatoms. The predicted molar refractivity (Wildman–Crippen MR) is 74.7 cm³/mol. The van der Waals surface area contributed by atoms with Crippen molar-refractivity contribution in [3.8, 4) is 5.75 Å². The highest BCUT2D eigenvalue weighted by molar-refractivity contribution is 5.54. The maximum atomic E-state index is 9.66. The predicted octanol–water partition coefficient (Wildman–Crippen LogP) is 3.75. The topological polar surface area (TPSA) is 20.2 Å². The average Bonchev–Trinajstić information content (AvgIpc) is 2.35. The lowest BCUT2D eigenvalue weighted by Crippen LogP contribution is -2.07. The second-order valence-electron chi connectivity index (χ2n) is 4.76. The fraction of sp³-hybridized carbons (Fsp3) is 0.176. The van der Waals surface area contributed by atoms with Gasteiger partial charge in [-0.25, -0.2) is 0 Å². The van der Waals surface area contributed by atoms with Crippen molar-refractivity contribution in [2.24, 2.45) is 0 Å². The van der Waals surface area contributed by atoms with E-state index >= 15 is 0 Å². The van der Waals surface area contributed by atoms with E-state index in [1.54, 1.807) is 6.07 Å². The molecule has 2 aromatic carbocycles. The van der Waals surface area contributed by atoms with Crippen LogP contribution in [0.1, 0.15) is 22.3 Å². The summed E-state index contributed by atoms with van der Waals surface area (Å²) in [5.41, 5.74) is 5.20. The van der Waals surface area contributed by atoms with Gasteiger partial charge in [0, 0.05) is 0 Å². The molecule has 0 aliphatic heterocycles. The summed E-state index contributed by atoms with van der Waals surface area (Å²) in [6.07, 6.45) is 7.46. The van der Waals surface area contributed by atoms with Crippen molar-refractivity contribution in [2.75, 3.05) is 0 Å². The van der Waals surface area contributed by atoms with Gasteiger partial charge in [-0.1, -0.05) is 48.6 Å². The van der Waals surface area contributed by atoms with E-state index in [-0.39, 0.29) is 0 Å². The van der Waals surface area contributed by atoms with Gasteiger partial charge in [0.25, 0.3) is 0 Å². The number of aromatic hydroxyl groups is 1. The second kappa shape index (κ2) is 4.69. The SMILES string of the molecule is Oc1ccccc1C/C=C/c1ccc2c(c1)CC2. The van der Waals surface area contributed by atoms with E-state index in [0.29, 0.717) is 5.75 Å². The van der Waals surface area contributed by atoms with Crippen LogP contribution in [0.15, 0.2) is 48.5 Å². The van der Waals surface area contributed by atoms with Crippen molar-refractivity contribution < 1.29 is 5.11 Å². The minimum Gasteiger partial charge on any atom is -0.508 e. The van der Waals surface area contributed by atoms with Gasteiger partial charge in [-0.05, 0) is 47.6 Å². The number of phenols is 1. The first kappa shape index (κ1) is 11.1. The molecular formula is C17H16O. The van der Waals surface area contributed by atoms with Gasteiger partial charge >= 0.3 is 0 Å². The van der Waals surface area contributed by atoms with Crippen molar-refractivity contribution in [1.82, 2.24) is 0 Å². The van der Waals surface area contributed by atoms with Crippen LogP contribution in [0.3, 0.4) is 0 Å². The summed E-state index contributed by atoms with van der Waals surface area (Å²) < 4.78 is 0. The number of allylic oxidation sites excluding steroid dienone is 1. The molecule has 0 saturated heterocycles. The number of aryl methyl sites for hydroxylation is 2. The van der Waals surface area contributed by atoms with Gasteiger partial charge in [0.1, 0.15) is 5.75 Å². The molecule has 2 aromatic rings. The van der Waals surface area contributed by atoms with Crippen molar-refractivity contribution in [2.45, 2.75) is 19.3 Å². The van der Waals surface area contributed by atoms with Gasteiger partial charge in [0.05, 0.1) is 0 Å². The van der Waals surface area contributed by atoms with E-state index in [1.165, 1.54) is 29.5 Å². The maximum Gasteiger partial charge on any atom is 0.119 e. The van der Waals surface area contributed by atoms with E-state index in [1.807, 2.05) is 18.2 Å². The summed E-state index contributed by atoms with van der Waals surface area (Å²) in [6, 6.07) is 14.1. The van der Waals surface area contributed by atoms with Crippen LogP contribution in [0, 0.1) is 0 Å². The lowest BCUT2D eigenvalue weighted by Gasteiger charge is -2.18. The molecule has 1 aliphatic rings. The van der Waals surface area contributed by atoms with E-state index < -0.39 is 0 Å². The summed E-state index contributed by atoms with van der Waals surface area (Å²) in [5.74, 6) is 0.374. The molecule has 0 radical (unpaired) electrons. The van der Waals surface area contributed by atoms with Crippen molar-refractivity contribution in [3.63, 3.8) is 0 Å². The molecule has 90 valence electrons. The molecule has 0 aromatic heterocycles. The third kappa shape index (κ3) is 2.17. The Balaban J connectivity index is 1.71. The first-order chi connectivity index (χ1) is 8.83. The Bertz CT molecular complexity index is 596. The van der Waals surface area contributed by atoms with Crippen LogP contribution in [-0.2, 0) is 19.3 Å². The van der Waals surface area contributed by atoms with Crippen LogP contribution in [0.4, 0.5) is 0 Å². The molecule has 0 bridgehead atoms. The van der Waals surface area contributed by atoms with Crippen LogP contribution in [0.5, 0.6) is 5.75 Å². The van der Waals surface area contributed by atoms with Crippen LogP contribution in [0.2, 0.25) is 0 Å². The quantitative estimate of drug-likeness (QED) is 0.860. The second-order valence-corrected chi connectivity index (χ2v) is 4.76. The fourth-order valence-corrected chi connectivity index (χ4v) is 2.32. The van der Waals surface area contributed by atoms with Crippen LogP contribution in [-0.4, -0.2) is 5.11 Å². The Morgan fingerprint density at radius 3 is 2.56 bits per heavy atom. The molecule has 0 spiro atoms. The molecule has 0 heterocycles. The highest BCUT2D eigenvalue weighted by atomic mass is 16.3. The molecular weight excluding hydrogens is 220 g/mol. The Morgan fingerprint density at radius 1 is 1.00 bits per heavy atom. The van der Waals surface area contributed by atoms with E-state index in [9.17, 15) is 5.11 Å². The normalized spacial score (nSPS) is 13.3. The number of rotatable bonds is 3. The van der Waals surface area contributed by atoms with E-state index in [4.69, 9.17) is 0 Å². The van der Waals surface area contributed by atoms with Gasteiger partial charge < -0.3 is 5.11 Å². The van der Waals surface area contributed by atoms with Crippen LogP contribution < -0.4 is 0 Å². The minimum atomic E-state index is 0.374.